The fourth-order valence-corrected chi connectivity index (χ4v) is 2.26. The molecule has 1 unspecified atom stereocenters. The molecule has 1 amide bonds. The Morgan fingerprint density at radius 3 is 2.06 bits per heavy atom. The van der Waals surface area contributed by atoms with Crippen LogP contribution in [0.2, 0.25) is 0 Å². The summed E-state index contributed by atoms with van der Waals surface area (Å²) in [6.07, 6.45) is 1.40. The number of hydrogen-bond acceptors (Lipinski definition) is 4. The van der Waals surface area contributed by atoms with Gasteiger partial charge in [0.05, 0.1) is 0 Å². The van der Waals surface area contributed by atoms with Crippen LogP contribution in [0, 0.1) is 0 Å². The van der Waals surface area contributed by atoms with E-state index in [4.69, 9.17) is 5.11 Å². The van der Waals surface area contributed by atoms with Crippen molar-refractivity contribution < 1.29 is 23.1 Å². The molecule has 0 aliphatic heterocycles. The number of sulfone groups is 1. The summed E-state index contributed by atoms with van der Waals surface area (Å²) in [6.45, 7) is 4.96. The van der Waals surface area contributed by atoms with E-state index in [1.165, 1.54) is 6.92 Å². The third kappa shape index (κ3) is 5.16. The van der Waals surface area contributed by atoms with Crippen molar-refractivity contribution in [3.63, 3.8) is 0 Å². The van der Waals surface area contributed by atoms with Crippen LogP contribution in [0.15, 0.2) is 0 Å². The summed E-state index contributed by atoms with van der Waals surface area (Å²) in [7, 11) is -3.93. The Kier molecular flexibility index (Phi) is 6.15. The van der Waals surface area contributed by atoms with Crippen LogP contribution in [0.3, 0.4) is 0 Å². The fraction of sp³-hybridized carbons (Fsp3) is 0.800. The van der Waals surface area contributed by atoms with Crippen LogP contribution in [0.1, 0.15) is 33.6 Å². The van der Waals surface area contributed by atoms with Crippen molar-refractivity contribution in [2.75, 3.05) is 5.75 Å². The predicted octanol–water partition coefficient (Wildman–Crippen LogP) is 0.179. The number of hydrogen-bond donors (Lipinski definition) is 2. The highest BCUT2D eigenvalue weighted by molar-refractivity contribution is 7.93. The van der Waals surface area contributed by atoms with Gasteiger partial charge in [-0.2, -0.15) is 0 Å². The molecule has 7 heteroatoms. The van der Waals surface area contributed by atoms with Crippen LogP contribution in [-0.4, -0.2) is 42.4 Å². The number of nitrogens with one attached hydrogen (secondary N) is 1. The molecule has 2 N–H and O–H groups in total. The summed E-state index contributed by atoms with van der Waals surface area (Å²) in [5.41, 5.74) is 0. The first-order valence-electron chi connectivity index (χ1n) is 5.48. The molecule has 17 heavy (non-hydrogen) atoms. The molecule has 6 nitrogen and oxygen atoms in total. The topological polar surface area (TPSA) is 101 Å². The molecule has 0 aliphatic carbocycles. The van der Waals surface area contributed by atoms with Crippen molar-refractivity contribution in [2.24, 2.45) is 0 Å². The van der Waals surface area contributed by atoms with E-state index in [1.54, 1.807) is 0 Å². The Balaban J connectivity index is 4.65. The average molecular weight is 265 g/mol. The molecule has 0 saturated heterocycles. The average Bonchev–Trinajstić information content (AvgIpc) is 2.22. The molecule has 0 heterocycles. The van der Waals surface area contributed by atoms with Gasteiger partial charge in [-0.05, 0) is 19.8 Å². The van der Waals surface area contributed by atoms with E-state index in [-0.39, 0.29) is 6.04 Å². The van der Waals surface area contributed by atoms with Crippen LogP contribution in [0.5, 0.6) is 0 Å². The highest BCUT2D eigenvalue weighted by atomic mass is 32.2. The van der Waals surface area contributed by atoms with Crippen molar-refractivity contribution in [3.05, 3.63) is 0 Å². The summed E-state index contributed by atoms with van der Waals surface area (Å²) < 4.78 is 23.0. The largest absolute Gasteiger partial charge is 0.480 e. The summed E-state index contributed by atoms with van der Waals surface area (Å²) in [4.78, 5) is 22.0. The molecule has 0 bridgehead atoms. The monoisotopic (exact) mass is 265 g/mol. The molecule has 1 atom stereocenters. The van der Waals surface area contributed by atoms with Crippen LogP contribution < -0.4 is 5.32 Å². The first kappa shape index (κ1) is 15.9. The molecule has 100 valence electrons. The Morgan fingerprint density at radius 1 is 1.24 bits per heavy atom. The first-order chi connectivity index (χ1) is 7.74. The third-order valence-corrected chi connectivity index (χ3v) is 4.51. The molecule has 0 spiro atoms. The fourth-order valence-electron chi connectivity index (χ4n) is 1.27. The molecule has 0 saturated carbocycles. The predicted molar refractivity (Wildman–Crippen MR) is 63.4 cm³/mol. The summed E-state index contributed by atoms with van der Waals surface area (Å²) in [5, 5.41) is 9.69. The number of carboxylic acid groups (broad SMARTS) is 1. The van der Waals surface area contributed by atoms with Gasteiger partial charge in [-0.25, -0.2) is 8.42 Å². The van der Waals surface area contributed by atoms with E-state index >= 15 is 0 Å². The van der Waals surface area contributed by atoms with E-state index in [2.05, 4.69) is 5.32 Å². The van der Waals surface area contributed by atoms with Crippen molar-refractivity contribution in [1.82, 2.24) is 5.32 Å². The van der Waals surface area contributed by atoms with Gasteiger partial charge in [0.1, 0.15) is 11.0 Å². The molecule has 0 aliphatic rings. The van der Waals surface area contributed by atoms with Gasteiger partial charge < -0.3 is 10.4 Å². The van der Waals surface area contributed by atoms with Crippen molar-refractivity contribution in [3.8, 4) is 0 Å². The maximum atomic E-state index is 11.6. The van der Waals surface area contributed by atoms with Crippen LogP contribution in [0.4, 0.5) is 0 Å². The Labute approximate surface area is 101 Å². The SMILES string of the molecule is CCC(CC)NC(=O)C(C)S(=O)(=O)CC(=O)O. The molecular weight excluding hydrogens is 246 g/mol. The summed E-state index contributed by atoms with van der Waals surface area (Å²) in [5.74, 6) is -3.11. The standard InChI is InChI=1S/C10H19NO5S/c1-4-8(5-2)11-10(14)7(3)17(15,16)6-9(12)13/h7-8H,4-6H2,1-3H3,(H,11,14)(H,12,13). The minimum atomic E-state index is -3.93. The van der Waals surface area contributed by atoms with Crippen molar-refractivity contribution in [2.45, 2.75) is 44.9 Å². The second kappa shape index (κ2) is 6.58. The first-order valence-corrected chi connectivity index (χ1v) is 7.19. The minimum absolute atomic E-state index is 0.0787. The van der Waals surface area contributed by atoms with E-state index in [1.807, 2.05) is 13.8 Å². The molecular formula is C10H19NO5S. The zero-order chi connectivity index (χ0) is 13.6. The zero-order valence-electron chi connectivity index (χ0n) is 10.3. The number of carbonyl (C=O) groups is 2. The number of amides is 1. The molecule has 0 aromatic rings. The van der Waals surface area contributed by atoms with Crippen LogP contribution in [-0.2, 0) is 19.4 Å². The van der Waals surface area contributed by atoms with Gasteiger partial charge in [-0.3, -0.25) is 9.59 Å². The highest BCUT2D eigenvalue weighted by Crippen LogP contribution is 2.05. The lowest BCUT2D eigenvalue weighted by Crippen LogP contribution is -2.44. The van der Waals surface area contributed by atoms with Crippen molar-refractivity contribution >= 4 is 21.7 Å². The van der Waals surface area contributed by atoms with Gasteiger partial charge >= 0.3 is 5.97 Å². The van der Waals surface area contributed by atoms with Gasteiger partial charge in [0, 0.05) is 6.04 Å². The Hall–Kier alpha value is -1.11. The van der Waals surface area contributed by atoms with Gasteiger partial charge in [0.2, 0.25) is 5.91 Å². The minimum Gasteiger partial charge on any atom is -0.480 e. The molecule has 0 aromatic heterocycles. The lowest BCUT2D eigenvalue weighted by molar-refractivity contribution is -0.134. The molecule has 0 aromatic carbocycles. The number of aliphatic carboxylic acids is 1. The smallest absolute Gasteiger partial charge is 0.318 e. The normalized spacial score (nSPS) is 13.4. The van der Waals surface area contributed by atoms with Crippen LogP contribution in [0.25, 0.3) is 0 Å². The van der Waals surface area contributed by atoms with Gasteiger partial charge in [-0.1, -0.05) is 13.8 Å². The zero-order valence-corrected chi connectivity index (χ0v) is 11.1. The quantitative estimate of drug-likeness (QED) is 0.684. The van der Waals surface area contributed by atoms with E-state index in [9.17, 15) is 18.0 Å². The highest BCUT2D eigenvalue weighted by Gasteiger charge is 2.30. The maximum absolute atomic E-state index is 11.6. The second-order valence-corrected chi connectivity index (χ2v) is 6.19. The Bertz CT molecular complexity index is 372. The third-order valence-electron chi connectivity index (χ3n) is 2.56. The number of carbonyl (C=O) groups excluding carboxylic acids is 1. The molecule has 0 fully saturated rings. The van der Waals surface area contributed by atoms with Crippen molar-refractivity contribution in [1.29, 1.82) is 0 Å². The number of carboxylic acids is 1. The molecule has 0 radical (unpaired) electrons. The van der Waals surface area contributed by atoms with Gasteiger partial charge in [0.25, 0.3) is 0 Å². The second-order valence-electron chi connectivity index (χ2n) is 3.87. The van der Waals surface area contributed by atoms with E-state index in [0.717, 1.165) is 0 Å². The lowest BCUT2D eigenvalue weighted by atomic mass is 10.2. The van der Waals surface area contributed by atoms with E-state index < -0.39 is 32.7 Å². The summed E-state index contributed by atoms with van der Waals surface area (Å²) in [6, 6.07) is -0.0787. The lowest BCUT2D eigenvalue weighted by Gasteiger charge is -2.18. The maximum Gasteiger partial charge on any atom is 0.318 e. The van der Waals surface area contributed by atoms with Gasteiger partial charge in [-0.15, -0.1) is 0 Å². The van der Waals surface area contributed by atoms with Crippen LogP contribution >= 0.6 is 0 Å². The van der Waals surface area contributed by atoms with Gasteiger partial charge in [0.15, 0.2) is 9.84 Å². The van der Waals surface area contributed by atoms with E-state index in [0.29, 0.717) is 12.8 Å². The summed E-state index contributed by atoms with van der Waals surface area (Å²) >= 11 is 0. The Morgan fingerprint density at radius 2 is 1.71 bits per heavy atom. The molecule has 0 rings (SSSR count). The number of rotatable bonds is 7.